The molecule has 1 saturated heterocycles. The van der Waals surface area contributed by atoms with E-state index in [0.717, 1.165) is 28.7 Å². The number of amides is 1. The molecule has 8 heteroatoms. The van der Waals surface area contributed by atoms with E-state index < -0.39 is 0 Å². The van der Waals surface area contributed by atoms with Gasteiger partial charge < -0.3 is 19.7 Å². The number of ether oxygens (including phenoxy) is 2. The average Bonchev–Trinajstić information content (AvgIpc) is 3.02. The van der Waals surface area contributed by atoms with Crippen LogP contribution in [0.5, 0.6) is 5.88 Å². The lowest BCUT2D eigenvalue weighted by atomic mass is 10.1. The quantitative estimate of drug-likeness (QED) is 0.696. The fraction of sp³-hybridized carbons (Fsp3) is 0.632. The van der Waals surface area contributed by atoms with Crippen LogP contribution in [0.3, 0.4) is 0 Å². The molecule has 1 aliphatic rings. The molecule has 0 unspecified atom stereocenters. The monoisotopic (exact) mass is 392 g/mol. The molecule has 1 amide bonds. The van der Waals surface area contributed by atoms with Crippen molar-refractivity contribution in [3.8, 4) is 5.88 Å². The van der Waals surface area contributed by atoms with Crippen LogP contribution in [0.15, 0.2) is 0 Å². The van der Waals surface area contributed by atoms with E-state index in [0.29, 0.717) is 29.7 Å². The Morgan fingerprint density at radius 1 is 1.22 bits per heavy atom. The number of likely N-dealkylation sites (tertiary alicyclic amines) is 1. The van der Waals surface area contributed by atoms with Crippen molar-refractivity contribution in [1.82, 2.24) is 20.2 Å². The summed E-state index contributed by atoms with van der Waals surface area (Å²) in [4.78, 5) is 25.5. The summed E-state index contributed by atoms with van der Waals surface area (Å²) in [6.45, 7) is 6.33. The Morgan fingerprint density at radius 2 is 2.00 bits per heavy atom. The van der Waals surface area contributed by atoms with Gasteiger partial charge in [-0.25, -0.2) is 4.98 Å². The number of carbonyl (C=O) groups is 1. The molecule has 0 aromatic carbocycles. The molecular weight excluding hydrogens is 364 g/mol. The highest BCUT2D eigenvalue weighted by atomic mass is 32.1. The molecule has 27 heavy (non-hydrogen) atoms. The maximum atomic E-state index is 12.7. The number of aromatic nitrogens is 2. The lowest BCUT2D eigenvalue weighted by molar-refractivity contribution is 0.0954. The highest BCUT2D eigenvalue weighted by Crippen LogP contribution is 2.35. The molecule has 0 spiro atoms. The summed E-state index contributed by atoms with van der Waals surface area (Å²) in [5.74, 6) is 0.992. The van der Waals surface area contributed by atoms with Crippen LogP contribution in [0.2, 0.25) is 0 Å². The maximum Gasteiger partial charge on any atom is 0.261 e. The van der Waals surface area contributed by atoms with E-state index in [2.05, 4.69) is 20.2 Å². The number of hydrogen-bond acceptors (Lipinski definition) is 7. The molecule has 0 bridgehead atoms. The Labute approximate surface area is 164 Å². The molecular formula is C19H28N4O3S. The predicted molar refractivity (Wildman–Crippen MR) is 107 cm³/mol. The van der Waals surface area contributed by atoms with Crippen molar-refractivity contribution < 1.29 is 14.3 Å². The molecule has 3 heterocycles. The van der Waals surface area contributed by atoms with Crippen molar-refractivity contribution in [3.63, 3.8) is 0 Å². The van der Waals surface area contributed by atoms with Gasteiger partial charge in [0.2, 0.25) is 5.88 Å². The lowest BCUT2D eigenvalue weighted by Crippen LogP contribution is -2.33. The van der Waals surface area contributed by atoms with Gasteiger partial charge in [-0.1, -0.05) is 6.42 Å². The molecule has 7 nitrogen and oxygen atoms in total. The average molecular weight is 393 g/mol. The van der Waals surface area contributed by atoms with E-state index in [4.69, 9.17) is 9.47 Å². The smallest absolute Gasteiger partial charge is 0.261 e. The number of aryl methyl sites for hydroxylation is 1. The fourth-order valence-electron chi connectivity index (χ4n) is 3.47. The number of fused-ring (bicyclic) bond motifs is 1. The Bertz CT molecular complexity index is 787. The third-order valence-corrected chi connectivity index (χ3v) is 6.05. The van der Waals surface area contributed by atoms with Gasteiger partial charge in [0.15, 0.2) is 5.82 Å². The standard InChI is InChI=1S/C19H28N4O3S/c1-13-15-18(26-3)21-14(12-25-2)22-19(15)27-16(13)17(24)20-8-7-11-23-9-5-4-6-10-23/h4-12H2,1-3H3,(H,20,24). The van der Waals surface area contributed by atoms with E-state index in [-0.39, 0.29) is 5.91 Å². The molecule has 148 valence electrons. The molecule has 3 rings (SSSR count). The number of rotatable bonds is 8. The Balaban J connectivity index is 1.66. The summed E-state index contributed by atoms with van der Waals surface area (Å²) in [5.41, 5.74) is 0.865. The number of thiophene rings is 1. The van der Waals surface area contributed by atoms with E-state index >= 15 is 0 Å². The SMILES string of the molecule is COCc1nc(OC)c2c(C)c(C(=O)NCCCN3CCCCC3)sc2n1. The number of nitrogens with zero attached hydrogens (tertiary/aromatic N) is 3. The van der Waals surface area contributed by atoms with Gasteiger partial charge in [-0.2, -0.15) is 4.98 Å². The van der Waals surface area contributed by atoms with Crippen LogP contribution < -0.4 is 10.1 Å². The molecule has 1 fully saturated rings. The number of methoxy groups -OCH3 is 2. The van der Waals surface area contributed by atoms with Gasteiger partial charge in [-0.15, -0.1) is 11.3 Å². The van der Waals surface area contributed by atoms with E-state index in [1.54, 1.807) is 14.2 Å². The summed E-state index contributed by atoms with van der Waals surface area (Å²) >= 11 is 1.38. The molecule has 0 aliphatic carbocycles. The van der Waals surface area contributed by atoms with Gasteiger partial charge in [-0.05, 0) is 51.4 Å². The number of piperidine rings is 1. The van der Waals surface area contributed by atoms with Crippen molar-refractivity contribution in [3.05, 3.63) is 16.3 Å². The zero-order valence-corrected chi connectivity index (χ0v) is 17.2. The first-order valence-electron chi connectivity index (χ1n) is 9.47. The van der Waals surface area contributed by atoms with Gasteiger partial charge in [0.05, 0.1) is 17.4 Å². The van der Waals surface area contributed by atoms with Crippen LogP contribution in [0.1, 0.15) is 46.7 Å². The van der Waals surface area contributed by atoms with Crippen LogP contribution in [-0.4, -0.2) is 61.2 Å². The molecule has 1 aliphatic heterocycles. The van der Waals surface area contributed by atoms with Gasteiger partial charge in [0.1, 0.15) is 11.4 Å². The second-order valence-corrected chi connectivity index (χ2v) is 7.83. The fourth-order valence-corrected chi connectivity index (χ4v) is 4.58. The zero-order chi connectivity index (χ0) is 19.2. The van der Waals surface area contributed by atoms with E-state index in [1.807, 2.05) is 6.92 Å². The Morgan fingerprint density at radius 3 is 2.70 bits per heavy atom. The summed E-state index contributed by atoms with van der Waals surface area (Å²) in [6.07, 6.45) is 4.90. The minimum atomic E-state index is -0.0514. The first-order chi connectivity index (χ1) is 13.1. The normalized spacial score (nSPS) is 15.2. The van der Waals surface area contributed by atoms with Crippen molar-refractivity contribution in [2.24, 2.45) is 0 Å². The zero-order valence-electron chi connectivity index (χ0n) is 16.3. The molecule has 2 aromatic rings. The highest BCUT2D eigenvalue weighted by molar-refractivity contribution is 7.20. The van der Waals surface area contributed by atoms with Gasteiger partial charge in [-0.3, -0.25) is 4.79 Å². The van der Waals surface area contributed by atoms with Gasteiger partial charge in [0.25, 0.3) is 5.91 Å². The Hall–Kier alpha value is -1.77. The van der Waals surface area contributed by atoms with Crippen molar-refractivity contribution >= 4 is 27.5 Å². The highest BCUT2D eigenvalue weighted by Gasteiger charge is 2.21. The van der Waals surface area contributed by atoms with Crippen LogP contribution in [0, 0.1) is 6.92 Å². The van der Waals surface area contributed by atoms with Gasteiger partial charge in [0, 0.05) is 13.7 Å². The summed E-state index contributed by atoms with van der Waals surface area (Å²) in [6, 6.07) is 0. The second kappa shape index (κ2) is 9.43. The lowest BCUT2D eigenvalue weighted by Gasteiger charge is -2.26. The van der Waals surface area contributed by atoms with Crippen LogP contribution in [0.25, 0.3) is 10.2 Å². The first kappa shape index (κ1) is 20.0. The van der Waals surface area contributed by atoms with E-state index in [1.165, 1.54) is 43.7 Å². The number of nitrogens with one attached hydrogen (secondary N) is 1. The summed E-state index contributed by atoms with van der Waals surface area (Å²) in [7, 11) is 3.18. The third-order valence-electron chi connectivity index (χ3n) is 4.86. The van der Waals surface area contributed by atoms with E-state index in [9.17, 15) is 4.79 Å². The molecule has 0 radical (unpaired) electrons. The first-order valence-corrected chi connectivity index (χ1v) is 10.3. The van der Waals surface area contributed by atoms with Crippen molar-refractivity contribution in [1.29, 1.82) is 0 Å². The van der Waals surface area contributed by atoms with Crippen LogP contribution in [-0.2, 0) is 11.3 Å². The van der Waals surface area contributed by atoms with Gasteiger partial charge >= 0.3 is 0 Å². The largest absolute Gasteiger partial charge is 0.480 e. The minimum Gasteiger partial charge on any atom is -0.480 e. The molecule has 0 atom stereocenters. The third kappa shape index (κ3) is 4.75. The summed E-state index contributed by atoms with van der Waals surface area (Å²) < 4.78 is 10.5. The summed E-state index contributed by atoms with van der Waals surface area (Å²) in [5, 5.41) is 3.86. The molecule has 1 N–H and O–H groups in total. The van der Waals surface area contributed by atoms with Crippen LogP contribution >= 0.6 is 11.3 Å². The Kier molecular flexibility index (Phi) is 6.98. The van der Waals surface area contributed by atoms with Crippen molar-refractivity contribution in [2.75, 3.05) is 40.4 Å². The second-order valence-electron chi connectivity index (χ2n) is 6.83. The minimum absolute atomic E-state index is 0.0514. The maximum absolute atomic E-state index is 12.7. The number of hydrogen-bond donors (Lipinski definition) is 1. The number of carbonyl (C=O) groups excluding carboxylic acids is 1. The molecule has 2 aromatic heterocycles. The van der Waals surface area contributed by atoms with Crippen molar-refractivity contribution in [2.45, 2.75) is 39.2 Å². The topological polar surface area (TPSA) is 76.6 Å². The predicted octanol–water partition coefficient (Wildman–Crippen LogP) is 2.76. The molecule has 0 saturated carbocycles. The van der Waals surface area contributed by atoms with Crippen LogP contribution in [0.4, 0.5) is 0 Å².